The number of nitrogens with zero attached hydrogens (tertiary/aromatic N) is 2. The van der Waals surface area contributed by atoms with Crippen LogP contribution in [0.2, 0.25) is 0 Å². The first-order valence-corrected chi connectivity index (χ1v) is 5.55. The van der Waals surface area contributed by atoms with Crippen LogP contribution < -0.4 is 15.5 Å². The van der Waals surface area contributed by atoms with Gasteiger partial charge in [0, 0.05) is 39.4 Å². The number of carbonyl (C=O) groups excluding carboxylic acids is 1. The van der Waals surface area contributed by atoms with Gasteiger partial charge in [0.25, 0.3) is 5.91 Å². The fourth-order valence-corrected chi connectivity index (χ4v) is 1.81. The minimum absolute atomic E-state index is 0.240. The zero-order valence-electron chi connectivity index (χ0n) is 9.66. The van der Waals surface area contributed by atoms with Gasteiger partial charge in [0.2, 0.25) is 0 Å². The zero-order valence-corrected chi connectivity index (χ0v) is 9.66. The number of aromatic nitrogens is 1. The average molecular weight is 238 g/mol. The maximum absolute atomic E-state index is 13.8. The van der Waals surface area contributed by atoms with Crippen molar-refractivity contribution in [3.63, 3.8) is 0 Å². The summed E-state index contributed by atoms with van der Waals surface area (Å²) in [6.07, 6.45) is 1.40. The maximum Gasteiger partial charge on any atom is 0.252 e. The van der Waals surface area contributed by atoms with E-state index in [2.05, 4.69) is 15.6 Å². The summed E-state index contributed by atoms with van der Waals surface area (Å²) in [6, 6.07) is 1.23. The molecule has 1 aliphatic rings. The van der Waals surface area contributed by atoms with Crippen LogP contribution in [-0.2, 0) is 0 Å². The molecule has 92 valence electrons. The quantitative estimate of drug-likeness (QED) is 0.761. The van der Waals surface area contributed by atoms with Gasteiger partial charge in [0.1, 0.15) is 0 Å². The molecule has 0 aromatic carbocycles. The van der Waals surface area contributed by atoms with Crippen molar-refractivity contribution in [2.24, 2.45) is 0 Å². The second-order valence-electron chi connectivity index (χ2n) is 3.85. The third-order valence-corrected chi connectivity index (χ3v) is 2.73. The molecular weight excluding hydrogens is 223 g/mol. The van der Waals surface area contributed by atoms with Crippen LogP contribution in [0.25, 0.3) is 0 Å². The Kier molecular flexibility index (Phi) is 3.53. The smallest absolute Gasteiger partial charge is 0.252 e. The SMILES string of the molecule is CNC(=O)c1cnc(N2CCNCC2)c(F)c1. The highest BCUT2D eigenvalue weighted by molar-refractivity contribution is 5.93. The van der Waals surface area contributed by atoms with Crippen molar-refractivity contribution in [1.29, 1.82) is 0 Å². The molecular formula is C11H15FN4O. The van der Waals surface area contributed by atoms with Crippen LogP contribution in [0.1, 0.15) is 10.4 Å². The van der Waals surface area contributed by atoms with Gasteiger partial charge in [-0.3, -0.25) is 4.79 Å². The molecule has 1 amide bonds. The molecule has 0 bridgehead atoms. The van der Waals surface area contributed by atoms with E-state index < -0.39 is 5.82 Å². The molecule has 0 unspecified atom stereocenters. The Balaban J connectivity index is 2.21. The van der Waals surface area contributed by atoms with E-state index in [1.807, 2.05) is 4.90 Å². The molecule has 5 nitrogen and oxygen atoms in total. The van der Waals surface area contributed by atoms with E-state index in [0.717, 1.165) is 26.2 Å². The standard InChI is InChI=1S/C11H15FN4O/c1-13-11(17)8-6-9(12)10(15-7-8)16-4-2-14-3-5-16/h6-7,14H,2-5H2,1H3,(H,13,17). The lowest BCUT2D eigenvalue weighted by Crippen LogP contribution is -2.44. The Bertz CT molecular complexity index is 418. The van der Waals surface area contributed by atoms with E-state index in [0.29, 0.717) is 5.82 Å². The third kappa shape index (κ3) is 2.52. The molecule has 1 fully saturated rings. The van der Waals surface area contributed by atoms with Crippen molar-refractivity contribution in [3.8, 4) is 0 Å². The van der Waals surface area contributed by atoms with Gasteiger partial charge in [0.05, 0.1) is 5.56 Å². The highest BCUT2D eigenvalue weighted by Crippen LogP contribution is 2.17. The number of carbonyl (C=O) groups is 1. The third-order valence-electron chi connectivity index (χ3n) is 2.73. The number of nitrogens with one attached hydrogen (secondary N) is 2. The number of pyridine rings is 1. The van der Waals surface area contributed by atoms with Crippen molar-refractivity contribution in [3.05, 3.63) is 23.6 Å². The van der Waals surface area contributed by atoms with Crippen LogP contribution in [0.15, 0.2) is 12.3 Å². The molecule has 1 saturated heterocycles. The number of amides is 1. The maximum atomic E-state index is 13.8. The van der Waals surface area contributed by atoms with Crippen LogP contribution in [-0.4, -0.2) is 44.1 Å². The molecule has 1 aromatic rings. The number of hydrogen-bond donors (Lipinski definition) is 2. The highest BCUT2D eigenvalue weighted by Gasteiger charge is 2.17. The molecule has 0 aliphatic carbocycles. The van der Waals surface area contributed by atoms with Gasteiger partial charge < -0.3 is 15.5 Å². The molecule has 6 heteroatoms. The number of anilines is 1. The number of rotatable bonds is 2. The van der Waals surface area contributed by atoms with Gasteiger partial charge in [-0.15, -0.1) is 0 Å². The van der Waals surface area contributed by atoms with Gasteiger partial charge >= 0.3 is 0 Å². The van der Waals surface area contributed by atoms with E-state index in [1.165, 1.54) is 19.3 Å². The molecule has 0 spiro atoms. The Morgan fingerprint density at radius 1 is 1.53 bits per heavy atom. The van der Waals surface area contributed by atoms with Crippen molar-refractivity contribution in [2.45, 2.75) is 0 Å². The molecule has 17 heavy (non-hydrogen) atoms. The Hall–Kier alpha value is -1.69. The first-order valence-electron chi connectivity index (χ1n) is 5.55. The van der Waals surface area contributed by atoms with Gasteiger partial charge in [-0.2, -0.15) is 0 Å². The van der Waals surface area contributed by atoms with Crippen molar-refractivity contribution >= 4 is 11.7 Å². The summed E-state index contributed by atoms with van der Waals surface area (Å²) in [5.41, 5.74) is 0.240. The molecule has 2 heterocycles. The Morgan fingerprint density at radius 2 is 2.24 bits per heavy atom. The number of halogens is 1. The van der Waals surface area contributed by atoms with Crippen LogP contribution in [0, 0.1) is 5.82 Å². The predicted molar refractivity (Wildman–Crippen MR) is 62.7 cm³/mol. The fraction of sp³-hybridized carbons (Fsp3) is 0.455. The van der Waals surface area contributed by atoms with Gasteiger partial charge in [-0.05, 0) is 6.07 Å². The van der Waals surface area contributed by atoms with Gasteiger partial charge in [0.15, 0.2) is 11.6 Å². The van der Waals surface area contributed by atoms with Crippen LogP contribution >= 0.6 is 0 Å². The van der Waals surface area contributed by atoms with Crippen LogP contribution in [0.4, 0.5) is 10.2 Å². The summed E-state index contributed by atoms with van der Waals surface area (Å²) in [4.78, 5) is 17.2. The number of hydrogen-bond acceptors (Lipinski definition) is 4. The second kappa shape index (κ2) is 5.09. The van der Waals surface area contributed by atoms with Crippen LogP contribution in [0.5, 0.6) is 0 Å². The molecule has 0 saturated carbocycles. The normalized spacial score (nSPS) is 15.8. The fourth-order valence-electron chi connectivity index (χ4n) is 1.81. The summed E-state index contributed by atoms with van der Waals surface area (Å²) < 4.78 is 13.8. The lowest BCUT2D eigenvalue weighted by Gasteiger charge is -2.28. The zero-order chi connectivity index (χ0) is 12.3. The van der Waals surface area contributed by atoms with Crippen LogP contribution in [0.3, 0.4) is 0 Å². The van der Waals surface area contributed by atoms with E-state index in [-0.39, 0.29) is 11.5 Å². The van der Waals surface area contributed by atoms with E-state index in [4.69, 9.17) is 0 Å². The van der Waals surface area contributed by atoms with Crippen molar-refractivity contribution < 1.29 is 9.18 Å². The lowest BCUT2D eigenvalue weighted by atomic mass is 10.2. The van der Waals surface area contributed by atoms with Crippen molar-refractivity contribution in [1.82, 2.24) is 15.6 Å². The first-order chi connectivity index (χ1) is 8.22. The Labute approximate surface area is 99.0 Å². The largest absolute Gasteiger partial charge is 0.355 e. The summed E-state index contributed by atoms with van der Waals surface area (Å²) in [5.74, 6) is -0.463. The molecule has 2 N–H and O–H groups in total. The lowest BCUT2D eigenvalue weighted by molar-refractivity contribution is 0.0962. The Morgan fingerprint density at radius 3 is 2.82 bits per heavy atom. The average Bonchev–Trinajstić information content (AvgIpc) is 2.38. The second-order valence-corrected chi connectivity index (χ2v) is 3.85. The minimum atomic E-state index is -0.451. The van der Waals surface area contributed by atoms with Gasteiger partial charge in [-0.25, -0.2) is 9.37 Å². The number of piperazine rings is 1. The summed E-state index contributed by atoms with van der Waals surface area (Å²) in [5, 5.41) is 5.62. The molecule has 1 aromatic heterocycles. The van der Waals surface area contributed by atoms with E-state index in [9.17, 15) is 9.18 Å². The molecule has 0 radical (unpaired) electrons. The van der Waals surface area contributed by atoms with E-state index in [1.54, 1.807) is 0 Å². The summed E-state index contributed by atoms with van der Waals surface area (Å²) >= 11 is 0. The topological polar surface area (TPSA) is 57.3 Å². The highest BCUT2D eigenvalue weighted by atomic mass is 19.1. The van der Waals surface area contributed by atoms with E-state index >= 15 is 0 Å². The monoisotopic (exact) mass is 238 g/mol. The first kappa shape index (κ1) is 11.8. The molecule has 0 atom stereocenters. The molecule has 2 rings (SSSR count). The minimum Gasteiger partial charge on any atom is -0.355 e. The summed E-state index contributed by atoms with van der Waals surface area (Å²) in [6.45, 7) is 3.09. The molecule has 1 aliphatic heterocycles. The van der Waals surface area contributed by atoms with Gasteiger partial charge in [-0.1, -0.05) is 0 Å². The van der Waals surface area contributed by atoms with Crippen molar-refractivity contribution in [2.75, 3.05) is 38.1 Å². The summed E-state index contributed by atoms with van der Waals surface area (Å²) in [7, 11) is 1.50. The predicted octanol–water partition coefficient (Wildman–Crippen LogP) is -0.0101.